The Morgan fingerprint density at radius 2 is 1.45 bits per heavy atom. The molecule has 0 aromatic carbocycles. The highest BCUT2D eigenvalue weighted by Crippen LogP contribution is 2.04. The number of hydrogen-bond donors (Lipinski definition) is 7. The molecule has 8 N–H and O–H groups in total. The number of amides is 3. The van der Waals surface area contributed by atoms with Gasteiger partial charge in [-0.15, -0.1) is 0 Å². The fourth-order valence-electron chi connectivity index (χ4n) is 2.02. The van der Waals surface area contributed by atoms with Crippen LogP contribution in [0, 0.1) is 0 Å². The number of thioether (sulfide) groups is 1. The Labute approximate surface area is 172 Å². The molecule has 0 aromatic heterocycles. The van der Waals surface area contributed by atoms with Crippen LogP contribution in [0.4, 0.5) is 0 Å². The molecule has 0 saturated carbocycles. The van der Waals surface area contributed by atoms with Crippen LogP contribution in [0.2, 0.25) is 0 Å². The third-order valence-electron chi connectivity index (χ3n) is 3.81. The van der Waals surface area contributed by atoms with E-state index in [0.717, 1.165) is 0 Å². The molecular formula is C16H28N4O8S. The molecule has 0 fully saturated rings. The van der Waals surface area contributed by atoms with Gasteiger partial charge in [0.15, 0.2) is 0 Å². The first-order chi connectivity index (χ1) is 13.4. The number of nitrogens with two attached hydrogens (primary N) is 1. The lowest BCUT2D eigenvalue weighted by Crippen LogP contribution is -2.58. The number of carbonyl (C=O) groups is 5. The number of aliphatic carboxylic acids is 2. The minimum atomic E-state index is -1.55. The van der Waals surface area contributed by atoms with Gasteiger partial charge in [-0.05, 0) is 32.3 Å². The zero-order chi connectivity index (χ0) is 22.7. The quantitative estimate of drug-likeness (QED) is 0.161. The van der Waals surface area contributed by atoms with E-state index in [4.69, 9.17) is 15.9 Å². The monoisotopic (exact) mass is 436 g/mol. The van der Waals surface area contributed by atoms with Gasteiger partial charge in [-0.2, -0.15) is 11.8 Å². The summed E-state index contributed by atoms with van der Waals surface area (Å²) in [7, 11) is 0. The minimum Gasteiger partial charge on any atom is -0.481 e. The van der Waals surface area contributed by atoms with Crippen molar-refractivity contribution in [2.45, 2.75) is 57.0 Å². The summed E-state index contributed by atoms with van der Waals surface area (Å²) < 4.78 is 0. The van der Waals surface area contributed by atoms with Gasteiger partial charge >= 0.3 is 11.9 Å². The van der Waals surface area contributed by atoms with Crippen LogP contribution in [-0.4, -0.2) is 87.3 Å². The minimum absolute atomic E-state index is 0.145. The molecule has 5 unspecified atom stereocenters. The maximum atomic E-state index is 12.5. The molecule has 0 aliphatic rings. The Morgan fingerprint density at radius 3 is 1.90 bits per heavy atom. The second-order valence-corrected chi connectivity index (χ2v) is 7.32. The third-order valence-corrected chi connectivity index (χ3v) is 4.45. The molecule has 0 aromatic rings. The van der Waals surface area contributed by atoms with Gasteiger partial charge in [0, 0.05) is 0 Å². The number of aliphatic hydroxyl groups is 1. The second kappa shape index (κ2) is 13.0. The Morgan fingerprint density at radius 1 is 0.931 bits per heavy atom. The highest BCUT2D eigenvalue weighted by atomic mass is 32.2. The van der Waals surface area contributed by atoms with Crippen molar-refractivity contribution < 1.29 is 39.3 Å². The summed E-state index contributed by atoms with van der Waals surface area (Å²) in [6, 6.07) is -5.28. The van der Waals surface area contributed by atoms with Crippen LogP contribution in [-0.2, 0) is 24.0 Å². The molecule has 5 atom stereocenters. The first-order valence-electron chi connectivity index (χ1n) is 8.69. The summed E-state index contributed by atoms with van der Waals surface area (Å²) in [6.45, 7) is 2.50. The molecule has 0 rings (SSSR count). The van der Waals surface area contributed by atoms with Crippen LogP contribution in [0.5, 0.6) is 0 Å². The van der Waals surface area contributed by atoms with Crippen LogP contribution in [0.25, 0.3) is 0 Å². The molecule has 3 amide bonds. The molecule has 0 heterocycles. The lowest BCUT2D eigenvalue weighted by molar-refractivity contribution is -0.143. The molecule has 0 aliphatic carbocycles. The fraction of sp³-hybridized carbons (Fsp3) is 0.688. The van der Waals surface area contributed by atoms with Crippen LogP contribution in [0.3, 0.4) is 0 Å². The van der Waals surface area contributed by atoms with Gasteiger partial charge in [-0.3, -0.25) is 24.0 Å². The highest BCUT2D eigenvalue weighted by molar-refractivity contribution is 7.98. The smallest absolute Gasteiger partial charge is 0.325 e. The normalized spacial score (nSPS) is 15.9. The van der Waals surface area contributed by atoms with E-state index in [0.29, 0.717) is 5.75 Å². The van der Waals surface area contributed by atoms with E-state index >= 15 is 0 Å². The van der Waals surface area contributed by atoms with E-state index < -0.39 is 66.4 Å². The number of hydrogen-bond acceptors (Lipinski definition) is 8. The zero-order valence-electron chi connectivity index (χ0n) is 16.4. The van der Waals surface area contributed by atoms with E-state index in [1.165, 1.54) is 25.6 Å². The summed E-state index contributed by atoms with van der Waals surface area (Å²) in [5, 5.41) is 34.0. The van der Waals surface area contributed by atoms with Crippen molar-refractivity contribution in [1.82, 2.24) is 16.0 Å². The predicted molar refractivity (Wildman–Crippen MR) is 104 cm³/mol. The lowest BCUT2D eigenvalue weighted by atomic mass is 10.1. The van der Waals surface area contributed by atoms with Gasteiger partial charge < -0.3 is 37.0 Å². The number of rotatable bonds is 13. The number of carbonyl (C=O) groups excluding carboxylic acids is 3. The summed E-state index contributed by atoms with van der Waals surface area (Å²) in [5.74, 6) is -4.86. The van der Waals surface area contributed by atoms with E-state index in [9.17, 15) is 29.1 Å². The van der Waals surface area contributed by atoms with Crippen molar-refractivity contribution in [3.8, 4) is 0 Å². The van der Waals surface area contributed by atoms with Gasteiger partial charge in [-0.25, -0.2) is 0 Å². The van der Waals surface area contributed by atoms with Crippen LogP contribution in [0.15, 0.2) is 0 Å². The number of carboxylic acids is 2. The molecular weight excluding hydrogens is 408 g/mol. The van der Waals surface area contributed by atoms with Crippen LogP contribution >= 0.6 is 11.8 Å². The van der Waals surface area contributed by atoms with E-state index in [2.05, 4.69) is 16.0 Å². The summed E-state index contributed by atoms with van der Waals surface area (Å²) in [6.07, 6.45) is -0.110. The van der Waals surface area contributed by atoms with Gasteiger partial charge in [0.25, 0.3) is 0 Å². The van der Waals surface area contributed by atoms with Gasteiger partial charge in [0.05, 0.1) is 12.5 Å². The first-order valence-corrected chi connectivity index (χ1v) is 10.1. The SMILES string of the molecule is CSCCC(NC(=O)C(CC(=O)O)NC(=O)C(N)C(C)O)C(=O)NC(C)C(=O)O. The maximum absolute atomic E-state index is 12.5. The first kappa shape index (κ1) is 26.6. The highest BCUT2D eigenvalue weighted by Gasteiger charge is 2.31. The molecule has 0 aliphatic heterocycles. The van der Waals surface area contributed by atoms with Crippen molar-refractivity contribution in [1.29, 1.82) is 0 Å². The summed E-state index contributed by atoms with van der Waals surface area (Å²) in [4.78, 5) is 58.8. The standard InChI is InChI=1S/C16H28N4O8S/c1-7(16(27)28)18-13(24)9(4-5-29-3)19-14(25)10(6-11(22)23)20-15(26)12(17)8(2)21/h7-10,12,21H,4-6,17H2,1-3H3,(H,18,24)(H,19,25)(H,20,26)(H,22,23)(H,27,28). The van der Waals surface area contributed by atoms with Crippen LogP contribution < -0.4 is 21.7 Å². The average molecular weight is 436 g/mol. The van der Waals surface area contributed by atoms with Gasteiger partial charge in [-0.1, -0.05) is 0 Å². The molecule has 166 valence electrons. The Bertz CT molecular complexity index is 616. The average Bonchev–Trinajstić information content (AvgIpc) is 2.62. The fourth-order valence-corrected chi connectivity index (χ4v) is 2.49. The third kappa shape index (κ3) is 10.1. The molecule has 29 heavy (non-hydrogen) atoms. The van der Waals surface area contributed by atoms with Crippen molar-refractivity contribution in [2.75, 3.05) is 12.0 Å². The number of nitrogens with one attached hydrogen (secondary N) is 3. The van der Waals surface area contributed by atoms with E-state index in [-0.39, 0.29) is 6.42 Å². The van der Waals surface area contributed by atoms with Gasteiger partial charge in [0.1, 0.15) is 24.2 Å². The molecule has 0 radical (unpaired) electrons. The molecule has 0 spiro atoms. The zero-order valence-corrected chi connectivity index (χ0v) is 17.2. The van der Waals surface area contributed by atoms with E-state index in [1.54, 1.807) is 6.26 Å². The topological polar surface area (TPSA) is 208 Å². The van der Waals surface area contributed by atoms with Crippen molar-refractivity contribution in [3.05, 3.63) is 0 Å². The summed E-state index contributed by atoms with van der Waals surface area (Å²) in [5.41, 5.74) is 5.47. The van der Waals surface area contributed by atoms with Crippen LogP contribution in [0.1, 0.15) is 26.7 Å². The molecule has 0 bridgehead atoms. The van der Waals surface area contributed by atoms with Crippen molar-refractivity contribution in [2.24, 2.45) is 5.73 Å². The number of carboxylic acid groups (broad SMARTS) is 2. The Balaban J connectivity index is 5.33. The maximum Gasteiger partial charge on any atom is 0.325 e. The summed E-state index contributed by atoms with van der Waals surface area (Å²) >= 11 is 1.38. The van der Waals surface area contributed by atoms with E-state index in [1.807, 2.05) is 0 Å². The number of aliphatic hydroxyl groups excluding tert-OH is 1. The van der Waals surface area contributed by atoms with Crippen molar-refractivity contribution in [3.63, 3.8) is 0 Å². The largest absolute Gasteiger partial charge is 0.481 e. The molecule has 0 saturated heterocycles. The predicted octanol–water partition coefficient (Wildman–Crippen LogP) is -2.52. The molecule has 13 heteroatoms. The Hall–Kier alpha value is -2.38. The van der Waals surface area contributed by atoms with Gasteiger partial charge in [0.2, 0.25) is 17.7 Å². The Kier molecular flexibility index (Phi) is 11.9. The second-order valence-electron chi connectivity index (χ2n) is 6.34. The molecule has 12 nitrogen and oxygen atoms in total. The van der Waals surface area contributed by atoms with Crippen molar-refractivity contribution >= 4 is 41.4 Å². The lowest BCUT2D eigenvalue weighted by Gasteiger charge is -2.24.